The number of hydrogen-bond donors (Lipinski definition) is 2. The second-order valence-corrected chi connectivity index (χ2v) is 6.27. The fourth-order valence-corrected chi connectivity index (χ4v) is 2.87. The van der Waals surface area contributed by atoms with Crippen LogP contribution in [0.5, 0.6) is 0 Å². The Morgan fingerprint density at radius 3 is 2.74 bits per heavy atom. The maximum absolute atomic E-state index is 12.6. The molecule has 0 bridgehead atoms. The van der Waals surface area contributed by atoms with Crippen LogP contribution in [0.3, 0.4) is 0 Å². The van der Waals surface area contributed by atoms with Crippen molar-refractivity contribution in [2.24, 2.45) is 5.73 Å². The summed E-state index contributed by atoms with van der Waals surface area (Å²) >= 11 is 0. The van der Waals surface area contributed by atoms with E-state index in [0.29, 0.717) is 19.5 Å². The molecule has 0 spiro atoms. The van der Waals surface area contributed by atoms with E-state index in [2.05, 4.69) is 5.32 Å². The molecule has 1 aliphatic heterocycles. The molecule has 2 amide bonds. The molecular formula is C17H27N3O3. The highest BCUT2D eigenvalue weighted by molar-refractivity contribution is 5.95. The first-order valence-electron chi connectivity index (χ1n) is 8.42. The Balaban J connectivity index is 2.03. The lowest BCUT2D eigenvalue weighted by molar-refractivity contribution is -0.127. The monoisotopic (exact) mass is 321 g/mol. The zero-order valence-electron chi connectivity index (χ0n) is 14.0. The van der Waals surface area contributed by atoms with Gasteiger partial charge in [-0.1, -0.05) is 13.8 Å². The van der Waals surface area contributed by atoms with Crippen molar-refractivity contribution in [3.05, 3.63) is 24.2 Å². The van der Waals surface area contributed by atoms with Crippen molar-refractivity contribution in [2.75, 3.05) is 13.1 Å². The zero-order valence-corrected chi connectivity index (χ0v) is 14.0. The molecule has 3 N–H and O–H groups in total. The fraction of sp³-hybridized carbons (Fsp3) is 0.647. The van der Waals surface area contributed by atoms with Crippen LogP contribution >= 0.6 is 0 Å². The Hall–Kier alpha value is -1.82. The van der Waals surface area contributed by atoms with E-state index in [1.807, 2.05) is 13.8 Å². The van der Waals surface area contributed by atoms with E-state index in [1.54, 1.807) is 17.0 Å². The highest BCUT2D eigenvalue weighted by atomic mass is 16.3. The lowest BCUT2D eigenvalue weighted by Gasteiger charge is -2.35. The highest BCUT2D eigenvalue weighted by Crippen LogP contribution is 2.20. The molecule has 0 aromatic carbocycles. The van der Waals surface area contributed by atoms with E-state index in [1.165, 1.54) is 6.26 Å². The fourth-order valence-electron chi connectivity index (χ4n) is 2.87. The summed E-state index contributed by atoms with van der Waals surface area (Å²) in [5.74, 6) is -0.0684. The Morgan fingerprint density at radius 2 is 2.13 bits per heavy atom. The summed E-state index contributed by atoms with van der Waals surface area (Å²) in [6.07, 6.45) is 5.58. The second kappa shape index (κ2) is 7.64. The Bertz CT molecular complexity index is 523. The van der Waals surface area contributed by atoms with Gasteiger partial charge in [0.05, 0.1) is 6.26 Å². The van der Waals surface area contributed by atoms with Crippen LogP contribution in [-0.2, 0) is 4.79 Å². The molecule has 1 aliphatic rings. The maximum atomic E-state index is 12.6. The Labute approximate surface area is 137 Å². The molecule has 1 aromatic rings. The quantitative estimate of drug-likeness (QED) is 0.837. The van der Waals surface area contributed by atoms with Gasteiger partial charge < -0.3 is 20.4 Å². The number of piperidine rings is 1. The first kappa shape index (κ1) is 17.5. The third-order valence-electron chi connectivity index (χ3n) is 4.82. The summed E-state index contributed by atoms with van der Waals surface area (Å²) < 4.78 is 5.18. The minimum atomic E-state index is -0.445. The average Bonchev–Trinajstić information content (AvgIpc) is 3.13. The van der Waals surface area contributed by atoms with Crippen LogP contribution in [0.2, 0.25) is 0 Å². The van der Waals surface area contributed by atoms with Crippen LogP contribution in [0.1, 0.15) is 56.5 Å². The molecule has 6 heteroatoms. The van der Waals surface area contributed by atoms with E-state index in [0.717, 1.165) is 25.7 Å². The van der Waals surface area contributed by atoms with Crippen LogP contribution in [0, 0.1) is 0 Å². The van der Waals surface area contributed by atoms with Gasteiger partial charge in [0, 0.05) is 18.6 Å². The number of nitrogens with two attached hydrogens (primary N) is 1. The predicted molar refractivity (Wildman–Crippen MR) is 87.9 cm³/mol. The van der Waals surface area contributed by atoms with Gasteiger partial charge in [-0.05, 0) is 44.2 Å². The molecule has 1 fully saturated rings. The van der Waals surface area contributed by atoms with Crippen molar-refractivity contribution in [3.63, 3.8) is 0 Å². The van der Waals surface area contributed by atoms with Crippen LogP contribution in [0.4, 0.5) is 0 Å². The normalized spacial score (nSPS) is 18.7. The minimum absolute atomic E-state index is 0.124. The van der Waals surface area contributed by atoms with E-state index in [4.69, 9.17) is 10.2 Å². The molecule has 128 valence electrons. The van der Waals surface area contributed by atoms with Crippen LogP contribution in [0.15, 0.2) is 22.8 Å². The molecule has 2 rings (SSSR count). The van der Waals surface area contributed by atoms with E-state index >= 15 is 0 Å². The molecule has 2 heterocycles. The lowest BCUT2D eigenvalue weighted by Crippen LogP contribution is -2.56. The third kappa shape index (κ3) is 4.13. The standard InChI is InChI=1S/C17H27N3O3/c1-3-17(18,4-2)12-19-15(21)13-8-5-6-10-20(13)16(22)14-9-7-11-23-14/h7,9,11,13H,3-6,8,10,12,18H2,1-2H3,(H,19,21). The topological polar surface area (TPSA) is 88.6 Å². The van der Waals surface area contributed by atoms with E-state index in [9.17, 15) is 9.59 Å². The number of nitrogens with zero attached hydrogens (tertiary/aromatic N) is 1. The Kier molecular flexibility index (Phi) is 5.82. The summed E-state index contributed by atoms with van der Waals surface area (Å²) in [4.78, 5) is 26.7. The summed E-state index contributed by atoms with van der Waals surface area (Å²) in [6.45, 7) is 5.04. The van der Waals surface area contributed by atoms with Gasteiger partial charge >= 0.3 is 0 Å². The van der Waals surface area contributed by atoms with Gasteiger partial charge in [-0.15, -0.1) is 0 Å². The first-order chi connectivity index (χ1) is 11.0. The molecule has 0 radical (unpaired) electrons. The van der Waals surface area contributed by atoms with E-state index < -0.39 is 6.04 Å². The Morgan fingerprint density at radius 1 is 1.39 bits per heavy atom. The summed E-state index contributed by atoms with van der Waals surface area (Å²) in [5.41, 5.74) is 5.85. The van der Waals surface area contributed by atoms with Gasteiger partial charge in [-0.25, -0.2) is 0 Å². The summed E-state index contributed by atoms with van der Waals surface area (Å²) in [5, 5.41) is 2.94. The molecule has 1 unspecified atom stereocenters. The number of amides is 2. The summed E-state index contributed by atoms with van der Waals surface area (Å²) in [6, 6.07) is 2.86. The van der Waals surface area contributed by atoms with Gasteiger partial charge in [0.2, 0.25) is 5.91 Å². The number of carbonyl (C=O) groups excluding carboxylic acids is 2. The number of nitrogens with one attached hydrogen (secondary N) is 1. The van der Waals surface area contributed by atoms with Crippen molar-refractivity contribution in [1.82, 2.24) is 10.2 Å². The molecule has 6 nitrogen and oxygen atoms in total. The van der Waals surface area contributed by atoms with Crippen molar-refractivity contribution in [2.45, 2.75) is 57.5 Å². The molecule has 1 atom stereocenters. The molecule has 23 heavy (non-hydrogen) atoms. The highest BCUT2D eigenvalue weighted by Gasteiger charge is 2.34. The van der Waals surface area contributed by atoms with E-state index in [-0.39, 0.29) is 23.1 Å². The number of likely N-dealkylation sites (tertiary alicyclic amines) is 1. The average molecular weight is 321 g/mol. The largest absolute Gasteiger partial charge is 0.459 e. The number of rotatable bonds is 6. The van der Waals surface area contributed by atoms with Crippen molar-refractivity contribution >= 4 is 11.8 Å². The van der Waals surface area contributed by atoms with Crippen molar-refractivity contribution < 1.29 is 14.0 Å². The zero-order chi connectivity index (χ0) is 16.9. The molecule has 0 aliphatic carbocycles. The van der Waals surface area contributed by atoms with Gasteiger partial charge in [0.15, 0.2) is 5.76 Å². The van der Waals surface area contributed by atoms with Crippen LogP contribution in [0.25, 0.3) is 0 Å². The molecule has 1 aromatic heterocycles. The SMILES string of the molecule is CCC(N)(CC)CNC(=O)C1CCCCN1C(=O)c1ccco1. The summed E-state index contributed by atoms with van der Waals surface area (Å²) in [7, 11) is 0. The van der Waals surface area contributed by atoms with Gasteiger partial charge in [-0.2, -0.15) is 0 Å². The number of hydrogen-bond acceptors (Lipinski definition) is 4. The third-order valence-corrected chi connectivity index (χ3v) is 4.82. The number of furan rings is 1. The molecular weight excluding hydrogens is 294 g/mol. The molecule has 0 saturated carbocycles. The predicted octanol–water partition coefficient (Wildman–Crippen LogP) is 1.91. The van der Waals surface area contributed by atoms with Crippen LogP contribution in [-0.4, -0.2) is 41.4 Å². The minimum Gasteiger partial charge on any atom is -0.459 e. The number of carbonyl (C=O) groups is 2. The van der Waals surface area contributed by atoms with Gasteiger partial charge in [0.1, 0.15) is 6.04 Å². The smallest absolute Gasteiger partial charge is 0.290 e. The van der Waals surface area contributed by atoms with Gasteiger partial charge in [0.25, 0.3) is 5.91 Å². The van der Waals surface area contributed by atoms with Crippen molar-refractivity contribution in [1.29, 1.82) is 0 Å². The first-order valence-corrected chi connectivity index (χ1v) is 8.42. The maximum Gasteiger partial charge on any atom is 0.290 e. The van der Waals surface area contributed by atoms with Crippen molar-refractivity contribution in [3.8, 4) is 0 Å². The lowest BCUT2D eigenvalue weighted by atomic mass is 9.93. The molecule has 1 saturated heterocycles. The van der Waals surface area contributed by atoms with Gasteiger partial charge in [-0.3, -0.25) is 9.59 Å². The van der Waals surface area contributed by atoms with Crippen LogP contribution < -0.4 is 11.1 Å². The second-order valence-electron chi connectivity index (χ2n) is 6.27.